The number of benzene rings is 2. The van der Waals surface area contributed by atoms with Crippen LogP contribution >= 0.6 is 0 Å². The number of nitrogens with zero attached hydrogens (tertiary/aromatic N) is 1. The molecular formula is C18H18FNO4S. The third-order valence-electron chi connectivity index (χ3n) is 4.02. The smallest absolute Gasteiger partial charge is 0.302 e. The van der Waals surface area contributed by atoms with E-state index in [9.17, 15) is 17.1 Å². The normalized spacial score (nSPS) is 17.7. The van der Waals surface area contributed by atoms with Gasteiger partial charge in [-0.15, -0.1) is 3.89 Å². The zero-order chi connectivity index (χ0) is 17.9. The van der Waals surface area contributed by atoms with E-state index in [1.54, 1.807) is 24.3 Å². The molecule has 2 aromatic carbocycles. The highest BCUT2D eigenvalue weighted by Crippen LogP contribution is 2.29. The van der Waals surface area contributed by atoms with Crippen LogP contribution in [-0.2, 0) is 21.6 Å². The minimum atomic E-state index is -4.59. The minimum Gasteiger partial charge on any atom is -0.489 e. The zero-order valence-corrected chi connectivity index (χ0v) is 14.3. The van der Waals surface area contributed by atoms with Crippen molar-refractivity contribution in [3.63, 3.8) is 0 Å². The summed E-state index contributed by atoms with van der Waals surface area (Å²) in [5.41, 5.74) is 1.65. The first kappa shape index (κ1) is 17.4. The van der Waals surface area contributed by atoms with Crippen LogP contribution < -0.4 is 9.64 Å². The Labute approximate surface area is 146 Å². The van der Waals surface area contributed by atoms with Crippen LogP contribution in [-0.4, -0.2) is 26.6 Å². The van der Waals surface area contributed by atoms with Crippen LogP contribution in [0.2, 0.25) is 0 Å². The van der Waals surface area contributed by atoms with Gasteiger partial charge in [0.05, 0.1) is 5.75 Å². The lowest BCUT2D eigenvalue weighted by Crippen LogP contribution is -2.25. The third kappa shape index (κ3) is 4.79. The Morgan fingerprint density at radius 3 is 2.60 bits per heavy atom. The molecule has 3 rings (SSSR count). The Bertz CT molecular complexity index is 854. The third-order valence-corrected chi connectivity index (χ3v) is 4.89. The van der Waals surface area contributed by atoms with Crippen LogP contribution in [0.5, 0.6) is 5.75 Å². The van der Waals surface area contributed by atoms with E-state index in [-0.39, 0.29) is 18.9 Å². The Morgan fingerprint density at radius 1 is 1.12 bits per heavy atom. The highest BCUT2D eigenvalue weighted by atomic mass is 32.3. The van der Waals surface area contributed by atoms with Crippen LogP contribution in [0.15, 0.2) is 54.6 Å². The van der Waals surface area contributed by atoms with Crippen molar-refractivity contribution in [2.45, 2.75) is 13.0 Å². The highest BCUT2D eigenvalue weighted by Gasteiger charge is 2.33. The number of carbonyl (C=O) groups excluding carboxylic acids is 1. The van der Waals surface area contributed by atoms with Gasteiger partial charge in [-0.3, -0.25) is 4.79 Å². The number of ether oxygens (including phenoxy) is 1. The fourth-order valence-electron chi connectivity index (χ4n) is 2.91. The van der Waals surface area contributed by atoms with Gasteiger partial charge < -0.3 is 9.64 Å². The SMILES string of the molecule is O=C1CC(CS(=O)(=O)F)CN1c1cccc(OCc2ccccc2)c1. The molecule has 0 bridgehead atoms. The standard InChI is InChI=1S/C18H18FNO4S/c19-25(22,23)13-15-9-18(21)20(11-15)16-7-4-8-17(10-16)24-12-14-5-2-1-3-6-14/h1-8,10,15H,9,11-13H2. The van der Waals surface area contributed by atoms with Gasteiger partial charge in [-0.1, -0.05) is 36.4 Å². The van der Waals surface area contributed by atoms with Crippen LogP contribution in [0, 0.1) is 5.92 Å². The van der Waals surface area contributed by atoms with Crippen molar-refractivity contribution in [3.05, 3.63) is 60.2 Å². The first-order valence-corrected chi connectivity index (χ1v) is 9.45. The summed E-state index contributed by atoms with van der Waals surface area (Å²) < 4.78 is 40.2. The van der Waals surface area contributed by atoms with Crippen molar-refractivity contribution in [2.75, 3.05) is 17.2 Å². The average molecular weight is 363 g/mol. The lowest BCUT2D eigenvalue weighted by Gasteiger charge is -2.17. The van der Waals surface area contributed by atoms with Crippen LogP contribution in [0.25, 0.3) is 0 Å². The van der Waals surface area contributed by atoms with Gasteiger partial charge in [-0.05, 0) is 17.7 Å². The first-order chi connectivity index (χ1) is 11.9. The highest BCUT2D eigenvalue weighted by molar-refractivity contribution is 7.86. The molecule has 2 aromatic rings. The number of anilines is 1. The molecule has 1 atom stereocenters. The second kappa shape index (κ2) is 7.23. The van der Waals surface area contributed by atoms with Crippen molar-refractivity contribution >= 4 is 21.8 Å². The van der Waals surface area contributed by atoms with Gasteiger partial charge in [-0.25, -0.2) is 0 Å². The molecule has 1 aliphatic heterocycles. The Morgan fingerprint density at radius 2 is 1.88 bits per heavy atom. The number of rotatable bonds is 6. The van der Waals surface area contributed by atoms with Crippen molar-refractivity contribution in [3.8, 4) is 5.75 Å². The van der Waals surface area contributed by atoms with E-state index in [0.717, 1.165) is 5.56 Å². The number of amides is 1. The van der Waals surface area contributed by atoms with Gasteiger partial charge in [0, 0.05) is 30.6 Å². The molecule has 0 saturated carbocycles. The molecule has 7 heteroatoms. The van der Waals surface area contributed by atoms with Gasteiger partial charge in [0.1, 0.15) is 12.4 Å². The van der Waals surface area contributed by atoms with Crippen LogP contribution in [0.4, 0.5) is 9.57 Å². The molecule has 1 fully saturated rings. The topological polar surface area (TPSA) is 63.7 Å². The maximum Gasteiger partial charge on any atom is 0.302 e. The predicted molar refractivity (Wildman–Crippen MR) is 92.6 cm³/mol. The molecule has 0 N–H and O–H groups in total. The molecule has 25 heavy (non-hydrogen) atoms. The van der Waals surface area contributed by atoms with Gasteiger partial charge in [0.15, 0.2) is 0 Å². The fraction of sp³-hybridized carbons (Fsp3) is 0.278. The van der Waals surface area contributed by atoms with Crippen molar-refractivity contribution < 1.29 is 21.8 Å². The second-order valence-electron chi connectivity index (χ2n) is 6.05. The minimum absolute atomic E-state index is 0.0260. The van der Waals surface area contributed by atoms with Crippen LogP contribution in [0.1, 0.15) is 12.0 Å². The van der Waals surface area contributed by atoms with E-state index in [2.05, 4.69) is 0 Å². The van der Waals surface area contributed by atoms with Crippen LogP contribution in [0.3, 0.4) is 0 Å². The van der Waals surface area contributed by atoms with E-state index in [0.29, 0.717) is 18.0 Å². The maximum atomic E-state index is 12.8. The van der Waals surface area contributed by atoms with Gasteiger partial charge in [-0.2, -0.15) is 8.42 Å². The molecule has 0 aliphatic carbocycles. The molecule has 1 saturated heterocycles. The number of hydrogen-bond acceptors (Lipinski definition) is 4. The summed E-state index contributed by atoms with van der Waals surface area (Å²) in [4.78, 5) is 13.6. The first-order valence-electron chi connectivity index (χ1n) is 7.90. The largest absolute Gasteiger partial charge is 0.489 e. The molecule has 0 spiro atoms. The van der Waals surface area contributed by atoms with E-state index in [4.69, 9.17) is 4.74 Å². The summed E-state index contributed by atoms with van der Waals surface area (Å²) >= 11 is 0. The quantitative estimate of drug-likeness (QED) is 0.741. The molecule has 132 valence electrons. The van der Waals surface area contributed by atoms with E-state index in [1.165, 1.54) is 4.90 Å². The van der Waals surface area contributed by atoms with Crippen molar-refractivity contribution in [1.29, 1.82) is 0 Å². The van der Waals surface area contributed by atoms with Gasteiger partial charge >= 0.3 is 10.2 Å². The van der Waals surface area contributed by atoms with E-state index >= 15 is 0 Å². The number of hydrogen-bond donors (Lipinski definition) is 0. The lowest BCUT2D eigenvalue weighted by atomic mass is 10.1. The lowest BCUT2D eigenvalue weighted by molar-refractivity contribution is -0.117. The van der Waals surface area contributed by atoms with E-state index < -0.39 is 21.9 Å². The summed E-state index contributed by atoms with van der Waals surface area (Å²) in [6.07, 6.45) is 0.0260. The Hall–Kier alpha value is -2.41. The number of halogens is 1. The molecule has 0 aromatic heterocycles. The van der Waals surface area contributed by atoms with Gasteiger partial charge in [0.25, 0.3) is 0 Å². The summed E-state index contributed by atoms with van der Waals surface area (Å²) in [5, 5.41) is 0. The monoisotopic (exact) mass is 363 g/mol. The Kier molecular flexibility index (Phi) is 5.03. The maximum absolute atomic E-state index is 12.8. The summed E-state index contributed by atoms with van der Waals surface area (Å²) in [7, 11) is -4.59. The molecule has 1 aliphatic rings. The van der Waals surface area contributed by atoms with E-state index in [1.807, 2.05) is 30.3 Å². The molecule has 1 amide bonds. The fourth-order valence-corrected chi connectivity index (χ4v) is 3.69. The average Bonchev–Trinajstić information content (AvgIpc) is 2.92. The molecule has 1 heterocycles. The second-order valence-corrected chi connectivity index (χ2v) is 7.46. The zero-order valence-electron chi connectivity index (χ0n) is 13.5. The summed E-state index contributed by atoms with van der Waals surface area (Å²) in [5.74, 6) is -0.764. The summed E-state index contributed by atoms with van der Waals surface area (Å²) in [6.45, 7) is 0.588. The van der Waals surface area contributed by atoms with Crippen molar-refractivity contribution in [2.24, 2.45) is 5.92 Å². The summed E-state index contributed by atoms with van der Waals surface area (Å²) in [6, 6.07) is 16.7. The molecular weight excluding hydrogens is 345 g/mol. The molecule has 1 unspecified atom stereocenters. The van der Waals surface area contributed by atoms with Crippen molar-refractivity contribution in [1.82, 2.24) is 0 Å². The number of carbonyl (C=O) groups is 1. The molecule has 5 nitrogen and oxygen atoms in total. The Balaban J connectivity index is 1.68. The predicted octanol–water partition coefficient (Wildman–Crippen LogP) is 2.92. The molecule has 0 radical (unpaired) electrons. The van der Waals surface area contributed by atoms with Gasteiger partial charge in [0.2, 0.25) is 5.91 Å².